The molecule has 160 valence electrons. The molecule has 3 aromatic rings. The molecule has 1 N–H and O–H groups in total. The van der Waals surface area contributed by atoms with E-state index in [0.29, 0.717) is 23.2 Å². The van der Waals surface area contributed by atoms with Crippen LogP contribution in [-0.2, 0) is 0 Å². The molecular weight excluding hydrogens is 384 g/mol. The molecule has 1 atom stereocenters. The molecular formula is C26H30N4O. The van der Waals surface area contributed by atoms with E-state index in [1.54, 1.807) is 6.07 Å². The SMILES string of the molecule is Cc1ncc(-c2ccccc2)cc1C(=O)c1cccc(N2CCN[C@@H](CC(C)C)C2)n1. The summed E-state index contributed by atoms with van der Waals surface area (Å²) in [6.45, 7) is 9.10. The molecule has 0 amide bonds. The first kappa shape index (κ1) is 21.2. The van der Waals surface area contributed by atoms with Crippen LogP contribution in [0.15, 0.2) is 60.8 Å². The first-order valence-electron chi connectivity index (χ1n) is 11.0. The Hall–Kier alpha value is -3.05. The van der Waals surface area contributed by atoms with E-state index in [0.717, 1.165) is 48.7 Å². The minimum Gasteiger partial charge on any atom is -0.354 e. The predicted octanol–water partition coefficient (Wildman–Crippen LogP) is 4.51. The van der Waals surface area contributed by atoms with Gasteiger partial charge in [-0.05, 0) is 43.0 Å². The normalized spacial score (nSPS) is 16.5. The van der Waals surface area contributed by atoms with Gasteiger partial charge in [0.1, 0.15) is 11.5 Å². The molecule has 0 aliphatic carbocycles. The largest absolute Gasteiger partial charge is 0.354 e. The van der Waals surface area contributed by atoms with E-state index in [1.807, 2.05) is 61.7 Å². The maximum absolute atomic E-state index is 13.4. The number of hydrogen-bond acceptors (Lipinski definition) is 5. The van der Waals surface area contributed by atoms with E-state index in [4.69, 9.17) is 4.98 Å². The van der Waals surface area contributed by atoms with Crippen molar-refractivity contribution in [2.24, 2.45) is 5.92 Å². The van der Waals surface area contributed by atoms with Gasteiger partial charge in [0.15, 0.2) is 0 Å². The van der Waals surface area contributed by atoms with E-state index in [9.17, 15) is 4.79 Å². The summed E-state index contributed by atoms with van der Waals surface area (Å²) in [5.41, 5.74) is 3.76. The molecule has 1 fully saturated rings. The van der Waals surface area contributed by atoms with Gasteiger partial charge in [0.2, 0.25) is 5.78 Å². The summed E-state index contributed by atoms with van der Waals surface area (Å²) in [5, 5.41) is 3.60. The summed E-state index contributed by atoms with van der Waals surface area (Å²) in [7, 11) is 0. The van der Waals surface area contributed by atoms with Crippen LogP contribution in [0.4, 0.5) is 5.82 Å². The Morgan fingerprint density at radius 3 is 2.71 bits per heavy atom. The molecule has 1 saturated heterocycles. The number of carbonyl (C=O) groups excluding carboxylic acids is 1. The predicted molar refractivity (Wildman–Crippen MR) is 126 cm³/mol. The molecule has 4 rings (SSSR count). The first-order chi connectivity index (χ1) is 15.0. The van der Waals surface area contributed by atoms with E-state index >= 15 is 0 Å². The second-order valence-corrected chi connectivity index (χ2v) is 8.66. The Morgan fingerprint density at radius 1 is 1.13 bits per heavy atom. The minimum atomic E-state index is -0.0847. The number of aromatic nitrogens is 2. The lowest BCUT2D eigenvalue weighted by Crippen LogP contribution is -2.51. The average molecular weight is 415 g/mol. The standard InChI is InChI=1S/C26H30N4O/c1-18(2)14-22-17-30(13-12-27-22)25-11-7-10-24(29-25)26(31)23-15-21(16-28-19(23)3)20-8-5-4-6-9-20/h4-11,15-16,18,22,27H,12-14,17H2,1-3H3/t22-/m0/s1. The van der Waals surface area contributed by atoms with Crippen molar-refractivity contribution in [1.82, 2.24) is 15.3 Å². The number of ketones is 1. The number of nitrogens with zero attached hydrogens (tertiary/aromatic N) is 3. The minimum absolute atomic E-state index is 0.0847. The molecule has 2 aromatic heterocycles. The molecule has 3 heterocycles. The lowest BCUT2D eigenvalue weighted by molar-refractivity contribution is 0.103. The number of pyridine rings is 2. The van der Waals surface area contributed by atoms with Gasteiger partial charge in [-0.25, -0.2) is 4.98 Å². The summed E-state index contributed by atoms with van der Waals surface area (Å²) in [6, 6.07) is 18.1. The number of hydrogen-bond donors (Lipinski definition) is 1. The van der Waals surface area contributed by atoms with E-state index in [2.05, 4.69) is 29.0 Å². The highest BCUT2D eigenvalue weighted by molar-refractivity contribution is 6.09. The van der Waals surface area contributed by atoms with Crippen LogP contribution in [0.2, 0.25) is 0 Å². The Balaban J connectivity index is 1.59. The molecule has 0 saturated carbocycles. The van der Waals surface area contributed by atoms with Crippen LogP contribution in [-0.4, -0.2) is 41.4 Å². The molecule has 0 bridgehead atoms. The molecule has 1 aromatic carbocycles. The fraction of sp³-hybridized carbons (Fsp3) is 0.346. The number of rotatable bonds is 6. The second-order valence-electron chi connectivity index (χ2n) is 8.66. The van der Waals surface area contributed by atoms with Crippen LogP contribution in [0.1, 0.15) is 42.0 Å². The fourth-order valence-electron chi connectivity index (χ4n) is 4.18. The smallest absolute Gasteiger partial charge is 0.213 e. The van der Waals surface area contributed by atoms with Crippen LogP contribution in [0.25, 0.3) is 11.1 Å². The van der Waals surface area contributed by atoms with Gasteiger partial charge in [-0.1, -0.05) is 50.2 Å². The van der Waals surface area contributed by atoms with Crippen LogP contribution in [0.5, 0.6) is 0 Å². The van der Waals surface area contributed by atoms with Gasteiger partial charge in [0.25, 0.3) is 0 Å². The number of aryl methyl sites for hydroxylation is 1. The van der Waals surface area contributed by atoms with Gasteiger partial charge in [-0.2, -0.15) is 0 Å². The highest BCUT2D eigenvalue weighted by Crippen LogP contribution is 2.23. The summed E-state index contributed by atoms with van der Waals surface area (Å²) < 4.78 is 0. The second kappa shape index (κ2) is 9.40. The van der Waals surface area contributed by atoms with Crippen LogP contribution < -0.4 is 10.2 Å². The van der Waals surface area contributed by atoms with Crippen molar-refractivity contribution in [3.05, 3.63) is 77.7 Å². The Morgan fingerprint density at radius 2 is 1.94 bits per heavy atom. The van der Waals surface area contributed by atoms with Gasteiger partial charge in [-0.3, -0.25) is 9.78 Å². The van der Waals surface area contributed by atoms with Crippen molar-refractivity contribution in [2.75, 3.05) is 24.5 Å². The van der Waals surface area contributed by atoms with Crippen LogP contribution >= 0.6 is 0 Å². The van der Waals surface area contributed by atoms with Crippen molar-refractivity contribution < 1.29 is 4.79 Å². The zero-order valence-corrected chi connectivity index (χ0v) is 18.5. The Kier molecular flexibility index (Phi) is 6.42. The summed E-state index contributed by atoms with van der Waals surface area (Å²) in [6.07, 6.45) is 2.95. The quantitative estimate of drug-likeness (QED) is 0.602. The van der Waals surface area contributed by atoms with E-state index in [1.165, 1.54) is 0 Å². The number of carbonyl (C=O) groups is 1. The zero-order chi connectivity index (χ0) is 21.8. The van der Waals surface area contributed by atoms with Crippen molar-refractivity contribution in [3.8, 4) is 11.1 Å². The topological polar surface area (TPSA) is 58.1 Å². The van der Waals surface area contributed by atoms with Crippen LogP contribution in [0.3, 0.4) is 0 Å². The number of nitrogens with one attached hydrogen (secondary N) is 1. The van der Waals surface area contributed by atoms with Gasteiger partial charge in [0.05, 0.1) is 0 Å². The number of benzene rings is 1. The summed E-state index contributed by atoms with van der Waals surface area (Å²) >= 11 is 0. The van der Waals surface area contributed by atoms with Gasteiger partial charge in [0, 0.05) is 48.7 Å². The number of anilines is 1. The van der Waals surface area contributed by atoms with Crippen molar-refractivity contribution in [1.29, 1.82) is 0 Å². The van der Waals surface area contributed by atoms with Crippen molar-refractivity contribution in [3.63, 3.8) is 0 Å². The molecule has 1 aliphatic rings. The molecule has 1 aliphatic heterocycles. The monoisotopic (exact) mass is 414 g/mol. The average Bonchev–Trinajstić information content (AvgIpc) is 2.79. The molecule has 31 heavy (non-hydrogen) atoms. The zero-order valence-electron chi connectivity index (χ0n) is 18.5. The summed E-state index contributed by atoms with van der Waals surface area (Å²) in [4.78, 5) is 24.9. The highest BCUT2D eigenvalue weighted by atomic mass is 16.1. The molecule has 0 unspecified atom stereocenters. The first-order valence-corrected chi connectivity index (χ1v) is 11.0. The van der Waals surface area contributed by atoms with E-state index < -0.39 is 0 Å². The third-order valence-corrected chi connectivity index (χ3v) is 5.74. The maximum atomic E-state index is 13.4. The van der Waals surface area contributed by atoms with Crippen molar-refractivity contribution in [2.45, 2.75) is 33.2 Å². The van der Waals surface area contributed by atoms with Crippen LogP contribution in [0, 0.1) is 12.8 Å². The molecule has 0 radical (unpaired) electrons. The summed E-state index contributed by atoms with van der Waals surface area (Å²) in [5.74, 6) is 1.43. The Bertz CT molecular complexity index is 1050. The molecule has 5 nitrogen and oxygen atoms in total. The highest BCUT2D eigenvalue weighted by Gasteiger charge is 2.22. The number of piperazine rings is 1. The lowest BCUT2D eigenvalue weighted by atomic mass is 10.0. The third kappa shape index (κ3) is 5.00. The van der Waals surface area contributed by atoms with E-state index in [-0.39, 0.29) is 5.78 Å². The van der Waals surface area contributed by atoms with Gasteiger partial charge >= 0.3 is 0 Å². The lowest BCUT2D eigenvalue weighted by Gasteiger charge is -2.35. The molecule has 5 heteroatoms. The molecule has 0 spiro atoms. The fourth-order valence-corrected chi connectivity index (χ4v) is 4.18. The van der Waals surface area contributed by atoms with Gasteiger partial charge in [-0.15, -0.1) is 0 Å². The van der Waals surface area contributed by atoms with Gasteiger partial charge < -0.3 is 10.2 Å². The maximum Gasteiger partial charge on any atom is 0.213 e. The third-order valence-electron chi connectivity index (χ3n) is 5.74. The Labute approximate surface area is 184 Å². The van der Waals surface area contributed by atoms with Crippen molar-refractivity contribution >= 4 is 11.6 Å².